The molecule has 1 atom stereocenters. The third-order valence-corrected chi connectivity index (χ3v) is 5.04. The molecule has 0 unspecified atom stereocenters. The molecule has 0 bridgehead atoms. The van der Waals surface area contributed by atoms with Crippen LogP contribution in [0.3, 0.4) is 0 Å². The topological polar surface area (TPSA) is 115 Å². The number of carbonyl (C=O) groups excluding carboxylic acids is 2. The number of aryl methyl sites for hydroxylation is 1. The number of aromatic hydroxyl groups is 1. The molecule has 2 N–H and O–H groups in total. The SMILES string of the molecule is CCc1cc2c(COC(=O)[C@@H](C)NC(=O)/C=C/c3ccc(OC)cc3)cc(=O)oc2cc1O. The lowest BCUT2D eigenvalue weighted by Gasteiger charge is -2.13. The van der Waals surface area contributed by atoms with E-state index in [1.807, 2.05) is 6.92 Å². The minimum absolute atomic E-state index is 0.0290. The molecule has 0 saturated heterocycles. The van der Waals surface area contributed by atoms with Gasteiger partial charge in [0.2, 0.25) is 5.91 Å². The number of esters is 1. The normalized spacial score (nSPS) is 12.0. The van der Waals surface area contributed by atoms with Crippen molar-refractivity contribution in [2.75, 3.05) is 7.11 Å². The van der Waals surface area contributed by atoms with Gasteiger partial charge in [-0.3, -0.25) is 4.79 Å². The second-order valence-electron chi connectivity index (χ2n) is 7.37. The van der Waals surface area contributed by atoms with E-state index in [9.17, 15) is 19.5 Å². The number of phenolic OH excluding ortho intramolecular Hbond substituents is 1. The average molecular weight is 451 g/mol. The summed E-state index contributed by atoms with van der Waals surface area (Å²) in [5.74, 6) is -0.373. The molecule has 0 spiro atoms. The molecular formula is C25H25NO7. The second kappa shape index (κ2) is 10.5. The first-order valence-corrected chi connectivity index (χ1v) is 10.4. The molecule has 8 heteroatoms. The monoisotopic (exact) mass is 451 g/mol. The molecule has 172 valence electrons. The maximum Gasteiger partial charge on any atom is 0.336 e. The van der Waals surface area contributed by atoms with Crippen molar-refractivity contribution in [2.24, 2.45) is 0 Å². The lowest BCUT2D eigenvalue weighted by Crippen LogP contribution is -2.38. The van der Waals surface area contributed by atoms with Gasteiger partial charge in [-0.15, -0.1) is 0 Å². The van der Waals surface area contributed by atoms with E-state index in [1.54, 1.807) is 43.5 Å². The lowest BCUT2D eigenvalue weighted by molar-refractivity contribution is -0.148. The van der Waals surface area contributed by atoms with Gasteiger partial charge in [-0.25, -0.2) is 9.59 Å². The minimum atomic E-state index is -0.903. The number of fused-ring (bicyclic) bond motifs is 1. The first kappa shape index (κ1) is 23.6. The lowest BCUT2D eigenvalue weighted by atomic mass is 10.0. The Morgan fingerprint density at radius 2 is 1.88 bits per heavy atom. The maximum absolute atomic E-state index is 12.4. The van der Waals surface area contributed by atoms with Gasteiger partial charge in [0, 0.05) is 29.2 Å². The molecule has 0 fully saturated rings. The number of phenols is 1. The third-order valence-electron chi connectivity index (χ3n) is 5.04. The Morgan fingerprint density at radius 1 is 1.15 bits per heavy atom. The van der Waals surface area contributed by atoms with E-state index in [-0.39, 0.29) is 17.9 Å². The van der Waals surface area contributed by atoms with Crippen molar-refractivity contribution in [2.45, 2.75) is 32.9 Å². The van der Waals surface area contributed by atoms with Gasteiger partial charge in [-0.2, -0.15) is 0 Å². The minimum Gasteiger partial charge on any atom is -0.508 e. The van der Waals surface area contributed by atoms with Crippen molar-refractivity contribution in [3.63, 3.8) is 0 Å². The zero-order valence-electron chi connectivity index (χ0n) is 18.6. The molecule has 0 saturated carbocycles. The molecule has 3 rings (SSSR count). The zero-order chi connectivity index (χ0) is 24.0. The van der Waals surface area contributed by atoms with Crippen LogP contribution < -0.4 is 15.7 Å². The summed E-state index contributed by atoms with van der Waals surface area (Å²) in [6.07, 6.45) is 3.51. The first-order valence-electron chi connectivity index (χ1n) is 10.4. The van der Waals surface area contributed by atoms with E-state index in [4.69, 9.17) is 13.9 Å². The maximum atomic E-state index is 12.4. The predicted octanol–water partition coefficient (Wildman–Crippen LogP) is 3.33. The van der Waals surface area contributed by atoms with Crippen LogP contribution in [-0.2, 0) is 27.4 Å². The predicted molar refractivity (Wildman–Crippen MR) is 123 cm³/mol. The summed E-state index contributed by atoms with van der Waals surface area (Å²) in [6, 6.07) is 10.6. The summed E-state index contributed by atoms with van der Waals surface area (Å²) in [6.45, 7) is 3.20. The van der Waals surface area contributed by atoms with Gasteiger partial charge in [0.05, 0.1) is 7.11 Å². The van der Waals surface area contributed by atoms with Gasteiger partial charge in [0.25, 0.3) is 0 Å². The van der Waals surface area contributed by atoms with Crippen LogP contribution in [0.5, 0.6) is 11.5 Å². The molecule has 0 aliphatic carbocycles. The summed E-state index contributed by atoms with van der Waals surface area (Å²) in [5, 5.41) is 13.1. The van der Waals surface area contributed by atoms with Crippen LogP contribution in [0.25, 0.3) is 17.0 Å². The quantitative estimate of drug-likeness (QED) is 0.307. The fourth-order valence-electron chi connectivity index (χ4n) is 3.19. The standard InChI is InChI=1S/C25H25NO7/c1-4-17-11-20-18(12-24(29)33-22(20)13-21(17)27)14-32-25(30)15(2)26-23(28)10-7-16-5-8-19(31-3)9-6-16/h5-13,15,27H,4,14H2,1-3H3,(H,26,28)/b10-7+/t15-/m1/s1. The summed E-state index contributed by atoms with van der Waals surface area (Å²) < 4.78 is 15.5. The van der Waals surface area contributed by atoms with Gasteiger partial charge < -0.3 is 24.3 Å². The summed E-state index contributed by atoms with van der Waals surface area (Å²) in [4.78, 5) is 36.4. The van der Waals surface area contributed by atoms with Gasteiger partial charge in [-0.05, 0) is 48.7 Å². The number of rotatable bonds is 8. The molecule has 33 heavy (non-hydrogen) atoms. The Hall–Kier alpha value is -4.07. The van der Waals surface area contributed by atoms with Crippen molar-refractivity contribution in [1.82, 2.24) is 5.32 Å². The number of carbonyl (C=O) groups is 2. The average Bonchev–Trinajstić information content (AvgIpc) is 2.80. The molecule has 1 heterocycles. The number of methoxy groups -OCH3 is 1. The number of hydrogen-bond acceptors (Lipinski definition) is 7. The molecule has 0 aliphatic heterocycles. The van der Waals surface area contributed by atoms with Crippen LogP contribution in [0.2, 0.25) is 0 Å². The first-order chi connectivity index (χ1) is 15.8. The molecule has 1 aromatic heterocycles. The largest absolute Gasteiger partial charge is 0.508 e. The van der Waals surface area contributed by atoms with Crippen molar-refractivity contribution in [3.05, 3.63) is 75.7 Å². The molecule has 3 aromatic rings. The van der Waals surface area contributed by atoms with E-state index in [1.165, 1.54) is 25.1 Å². The molecule has 2 aromatic carbocycles. The zero-order valence-corrected chi connectivity index (χ0v) is 18.6. The highest BCUT2D eigenvalue weighted by Gasteiger charge is 2.17. The van der Waals surface area contributed by atoms with Crippen LogP contribution in [0.15, 0.2) is 57.8 Å². The molecule has 8 nitrogen and oxygen atoms in total. The summed E-state index contributed by atoms with van der Waals surface area (Å²) in [5.41, 5.74) is 1.50. The molecule has 0 radical (unpaired) electrons. The fourth-order valence-corrected chi connectivity index (χ4v) is 3.19. The number of hydrogen-bond donors (Lipinski definition) is 2. The van der Waals surface area contributed by atoms with E-state index >= 15 is 0 Å². The number of nitrogens with one attached hydrogen (secondary N) is 1. The second-order valence-corrected chi connectivity index (χ2v) is 7.37. The van der Waals surface area contributed by atoms with Crippen molar-refractivity contribution in [1.29, 1.82) is 0 Å². The van der Waals surface area contributed by atoms with Gasteiger partial charge in [0.15, 0.2) is 0 Å². The van der Waals surface area contributed by atoms with Crippen LogP contribution in [0, 0.1) is 0 Å². The van der Waals surface area contributed by atoms with E-state index in [0.29, 0.717) is 28.7 Å². The molecular weight excluding hydrogens is 426 g/mol. The highest BCUT2D eigenvalue weighted by Crippen LogP contribution is 2.27. The Kier molecular flexibility index (Phi) is 7.50. The highest BCUT2D eigenvalue weighted by molar-refractivity contribution is 5.94. The molecule has 1 amide bonds. The summed E-state index contributed by atoms with van der Waals surface area (Å²) in [7, 11) is 1.57. The van der Waals surface area contributed by atoms with Gasteiger partial charge in [0.1, 0.15) is 29.7 Å². The van der Waals surface area contributed by atoms with Crippen molar-refractivity contribution >= 4 is 28.9 Å². The third kappa shape index (κ3) is 6.00. The van der Waals surface area contributed by atoms with Gasteiger partial charge >= 0.3 is 11.6 Å². The van der Waals surface area contributed by atoms with Crippen LogP contribution in [-0.4, -0.2) is 30.1 Å². The smallest absolute Gasteiger partial charge is 0.336 e. The van der Waals surface area contributed by atoms with Crippen LogP contribution in [0.1, 0.15) is 30.5 Å². The van der Waals surface area contributed by atoms with Crippen LogP contribution >= 0.6 is 0 Å². The Morgan fingerprint density at radius 3 is 2.55 bits per heavy atom. The van der Waals surface area contributed by atoms with Crippen LogP contribution in [0.4, 0.5) is 0 Å². The van der Waals surface area contributed by atoms with E-state index in [0.717, 1.165) is 5.56 Å². The van der Waals surface area contributed by atoms with E-state index < -0.39 is 23.5 Å². The number of benzene rings is 2. The Balaban J connectivity index is 1.63. The number of ether oxygens (including phenoxy) is 2. The Labute approximate surface area is 190 Å². The van der Waals surface area contributed by atoms with Gasteiger partial charge in [-0.1, -0.05) is 19.1 Å². The highest BCUT2D eigenvalue weighted by atomic mass is 16.5. The Bertz CT molecular complexity index is 1240. The van der Waals surface area contributed by atoms with Crippen molar-refractivity contribution < 1.29 is 28.6 Å². The van der Waals surface area contributed by atoms with Crippen molar-refractivity contribution in [3.8, 4) is 11.5 Å². The number of amides is 1. The summed E-state index contributed by atoms with van der Waals surface area (Å²) >= 11 is 0. The fraction of sp³-hybridized carbons (Fsp3) is 0.240. The van der Waals surface area contributed by atoms with E-state index in [2.05, 4.69) is 5.32 Å². The molecule has 0 aliphatic rings.